The summed E-state index contributed by atoms with van der Waals surface area (Å²) in [5.41, 5.74) is 3.92. The summed E-state index contributed by atoms with van der Waals surface area (Å²) < 4.78 is 26.9. The quantitative estimate of drug-likeness (QED) is 0.234. The van der Waals surface area contributed by atoms with Gasteiger partial charge in [-0.2, -0.15) is 0 Å². The first kappa shape index (κ1) is 29.2. The number of hydrogen-bond acceptors (Lipinski definition) is 5. The van der Waals surface area contributed by atoms with Gasteiger partial charge < -0.3 is 19.4 Å². The first-order chi connectivity index (χ1) is 21.0. The summed E-state index contributed by atoms with van der Waals surface area (Å²) in [4.78, 5) is 18.5. The van der Waals surface area contributed by atoms with Crippen molar-refractivity contribution in [3.05, 3.63) is 95.4 Å². The minimum Gasteiger partial charge on any atom is -0.495 e. The van der Waals surface area contributed by atoms with Crippen molar-refractivity contribution in [3.63, 3.8) is 0 Å². The number of nitrogens with zero attached hydrogens (tertiary/aromatic N) is 3. The van der Waals surface area contributed by atoms with Crippen molar-refractivity contribution < 1.29 is 18.7 Å². The van der Waals surface area contributed by atoms with Gasteiger partial charge in [0.2, 0.25) is 0 Å². The second-order valence-corrected chi connectivity index (χ2v) is 11.8. The lowest BCUT2D eigenvalue weighted by Crippen LogP contribution is -2.54. The second kappa shape index (κ2) is 13.2. The van der Waals surface area contributed by atoms with Crippen LogP contribution in [0, 0.1) is 12.7 Å². The van der Waals surface area contributed by atoms with E-state index in [1.807, 2.05) is 36.5 Å². The molecule has 2 bridgehead atoms. The van der Waals surface area contributed by atoms with Crippen LogP contribution in [0.3, 0.4) is 0 Å². The Hall–Kier alpha value is -3.88. The largest absolute Gasteiger partial charge is 0.495 e. The van der Waals surface area contributed by atoms with Gasteiger partial charge in [0.1, 0.15) is 23.9 Å². The van der Waals surface area contributed by atoms with Crippen molar-refractivity contribution in [2.75, 3.05) is 39.9 Å². The number of piperazine rings is 1. The zero-order chi connectivity index (χ0) is 29.8. The van der Waals surface area contributed by atoms with Gasteiger partial charge in [0.25, 0.3) is 5.91 Å². The first-order valence-electron chi connectivity index (χ1n) is 15.3. The lowest BCUT2D eigenvalue weighted by Gasteiger charge is -2.41. The van der Waals surface area contributed by atoms with E-state index >= 15 is 0 Å². The molecule has 226 valence electrons. The number of carbonyl (C=O) groups excluding carboxylic acids is 1. The maximum Gasteiger partial charge on any atom is 0.253 e. The van der Waals surface area contributed by atoms with Crippen LogP contribution in [0.2, 0.25) is 0 Å². The van der Waals surface area contributed by atoms with Gasteiger partial charge in [0, 0.05) is 62.9 Å². The highest BCUT2D eigenvalue weighted by atomic mass is 19.1. The third-order valence-corrected chi connectivity index (χ3v) is 8.88. The Morgan fingerprint density at radius 1 is 0.977 bits per heavy atom. The molecule has 0 aliphatic carbocycles. The summed E-state index contributed by atoms with van der Waals surface area (Å²) in [5.74, 6) is 1.18. The second-order valence-electron chi connectivity index (χ2n) is 11.8. The number of fused-ring (bicyclic) bond motifs is 3. The molecule has 0 saturated carbocycles. The summed E-state index contributed by atoms with van der Waals surface area (Å²) in [7, 11) is 1.69. The molecule has 43 heavy (non-hydrogen) atoms. The number of nitrogens with one attached hydrogen (secondary N) is 1. The van der Waals surface area contributed by atoms with E-state index in [0.717, 1.165) is 61.4 Å². The first-order valence-corrected chi connectivity index (χ1v) is 15.3. The molecule has 0 spiro atoms. The number of benzene rings is 3. The molecule has 2 saturated heterocycles. The number of methoxy groups -OCH3 is 1. The molecular formula is C35H41FN4O3. The van der Waals surface area contributed by atoms with Crippen LogP contribution in [0.15, 0.2) is 72.9 Å². The Balaban J connectivity index is 1.05. The molecule has 0 radical (unpaired) electrons. The highest BCUT2D eigenvalue weighted by Crippen LogP contribution is 2.32. The Morgan fingerprint density at radius 3 is 2.49 bits per heavy atom. The summed E-state index contributed by atoms with van der Waals surface area (Å²) in [6.45, 7) is 7.97. The number of halogens is 1. The molecule has 2 atom stereocenters. The highest BCUT2D eigenvalue weighted by molar-refractivity contribution is 6.08. The van der Waals surface area contributed by atoms with Crippen molar-refractivity contribution >= 4 is 16.8 Å². The predicted molar refractivity (Wildman–Crippen MR) is 167 cm³/mol. The van der Waals surface area contributed by atoms with Crippen LogP contribution in [0.1, 0.15) is 40.7 Å². The number of likely N-dealkylation sites (tertiary alicyclic amines) is 1. The molecule has 8 heteroatoms. The number of aryl methyl sites for hydroxylation is 2. The molecule has 2 aliphatic rings. The summed E-state index contributed by atoms with van der Waals surface area (Å²) >= 11 is 0. The van der Waals surface area contributed by atoms with Gasteiger partial charge in [-0.1, -0.05) is 42.0 Å². The van der Waals surface area contributed by atoms with Gasteiger partial charge in [-0.05, 0) is 62.1 Å². The molecule has 4 aromatic rings. The third kappa shape index (κ3) is 6.71. The van der Waals surface area contributed by atoms with Crippen LogP contribution < -0.4 is 14.8 Å². The van der Waals surface area contributed by atoms with E-state index < -0.39 is 0 Å². The van der Waals surface area contributed by atoms with Crippen LogP contribution >= 0.6 is 0 Å². The normalized spacial score (nSPS) is 18.7. The number of carbonyl (C=O) groups is 1. The van der Waals surface area contributed by atoms with Gasteiger partial charge >= 0.3 is 0 Å². The van der Waals surface area contributed by atoms with Crippen LogP contribution in [-0.4, -0.2) is 72.3 Å². The van der Waals surface area contributed by atoms with E-state index in [4.69, 9.17) is 9.47 Å². The number of aromatic nitrogens is 1. The number of rotatable bonds is 12. The molecule has 3 heterocycles. The van der Waals surface area contributed by atoms with E-state index in [2.05, 4.69) is 38.7 Å². The molecular weight excluding hydrogens is 543 g/mol. The molecule has 1 N–H and O–H groups in total. The van der Waals surface area contributed by atoms with Gasteiger partial charge in [-0.3, -0.25) is 14.6 Å². The van der Waals surface area contributed by atoms with Crippen molar-refractivity contribution in [1.29, 1.82) is 0 Å². The molecule has 1 aromatic heterocycles. The maximum absolute atomic E-state index is 13.3. The molecule has 3 aromatic carbocycles. The van der Waals surface area contributed by atoms with Crippen LogP contribution in [0.5, 0.6) is 11.5 Å². The summed E-state index contributed by atoms with van der Waals surface area (Å²) in [6.07, 6.45) is 5.44. The molecule has 2 fully saturated rings. The fourth-order valence-corrected chi connectivity index (χ4v) is 6.82. The molecule has 0 unspecified atom stereocenters. The van der Waals surface area contributed by atoms with Gasteiger partial charge in [0.15, 0.2) is 0 Å². The Morgan fingerprint density at radius 2 is 1.74 bits per heavy atom. The average molecular weight is 585 g/mol. The lowest BCUT2D eigenvalue weighted by molar-refractivity contribution is 0.0574. The smallest absolute Gasteiger partial charge is 0.253 e. The number of amides is 1. The van der Waals surface area contributed by atoms with E-state index in [9.17, 15) is 9.18 Å². The zero-order valence-electron chi connectivity index (χ0n) is 25.1. The van der Waals surface area contributed by atoms with Crippen molar-refractivity contribution in [1.82, 2.24) is 19.7 Å². The Labute approximate surface area is 253 Å². The van der Waals surface area contributed by atoms with Gasteiger partial charge in [-0.25, -0.2) is 4.39 Å². The van der Waals surface area contributed by atoms with E-state index in [-0.39, 0.29) is 11.7 Å². The minimum atomic E-state index is -0.246. The van der Waals surface area contributed by atoms with Gasteiger partial charge in [-0.15, -0.1) is 0 Å². The van der Waals surface area contributed by atoms with Crippen molar-refractivity contribution in [2.24, 2.45) is 0 Å². The summed E-state index contributed by atoms with van der Waals surface area (Å²) in [5, 5.41) is 4.03. The van der Waals surface area contributed by atoms with E-state index in [1.165, 1.54) is 30.5 Å². The number of hydrogen-bond donors (Lipinski definition) is 1. The fraction of sp³-hybridized carbons (Fsp3) is 0.400. The molecule has 7 nitrogen and oxygen atoms in total. The standard InChI is InChI=1S/C35H41FN4O3/c1-25-6-3-7-26(20-25)21-37-35(41)32-24-39(34-31(32)8-4-9-33(34)42-2)16-5-17-40-28-12-13-29(40)23-38(22-28)18-19-43-30-14-10-27(36)11-15-30/h3-4,6-11,14-15,20,24,28-29H,5,12-13,16-19,21-23H2,1-2H3,(H,37,41)/t28-,29+. The zero-order valence-corrected chi connectivity index (χ0v) is 25.1. The number of para-hydroxylation sites is 1. The van der Waals surface area contributed by atoms with E-state index in [0.29, 0.717) is 36.5 Å². The van der Waals surface area contributed by atoms with Crippen LogP contribution in [0.25, 0.3) is 10.9 Å². The highest BCUT2D eigenvalue weighted by Gasteiger charge is 2.39. The lowest BCUT2D eigenvalue weighted by atomic mass is 10.1. The van der Waals surface area contributed by atoms with Crippen molar-refractivity contribution in [3.8, 4) is 11.5 Å². The summed E-state index contributed by atoms with van der Waals surface area (Å²) in [6, 6.07) is 21.5. The monoisotopic (exact) mass is 584 g/mol. The van der Waals surface area contributed by atoms with E-state index in [1.54, 1.807) is 19.2 Å². The Bertz CT molecular complexity index is 1540. The number of ether oxygens (including phenoxy) is 2. The Kier molecular flexibility index (Phi) is 8.95. The van der Waals surface area contributed by atoms with Crippen LogP contribution in [-0.2, 0) is 13.1 Å². The predicted octanol–water partition coefficient (Wildman–Crippen LogP) is 5.65. The minimum absolute atomic E-state index is 0.0731. The maximum atomic E-state index is 13.3. The molecule has 1 amide bonds. The van der Waals surface area contributed by atoms with Crippen molar-refractivity contribution in [2.45, 2.75) is 51.4 Å². The molecule has 6 rings (SSSR count). The average Bonchev–Trinajstić information content (AvgIpc) is 3.50. The fourth-order valence-electron chi connectivity index (χ4n) is 6.82. The third-order valence-electron chi connectivity index (χ3n) is 8.88. The molecule has 2 aliphatic heterocycles. The van der Waals surface area contributed by atoms with Gasteiger partial charge in [0.05, 0.1) is 18.2 Å². The van der Waals surface area contributed by atoms with Crippen LogP contribution in [0.4, 0.5) is 4.39 Å². The SMILES string of the molecule is COc1cccc2c(C(=O)NCc3cccc(C)c3)cn(CCCN3[C@@H]4CC[C@H]3CN(CCOc3ccc(F)cc3)C4)c12. The topological polar surface area (TPSA) is 59.0 Å².